The summed E-state index contributed by atoms with van der Waals surface area (Å²) in [5.41, 5.74) is 0. The van der Waals surface area contributed by atoms with Crippen LogP contribution in [0.5, 0.6) is 0 Å². The van der Waals surface area contributed by atoms with Crippen LogP contribution in [0.25, 0.3) is 0 Å². The van der Waals surface area contributed by atoms with Crippen molar-refractivity contribution in [1.82, 2.24) is 0 Å². The molecular formula is C68H132O17P2. The number of ether oxygens (including phenoxy) is 4. The quantitative estimate of drug-likeness (QED) is 0.0222. The number of rotatable bonds is 67. The van der Waals surface area contributed by atoms with Gasteiger partial charge in [-0.1, -0.05) is 292 Å². The number of carbonyl (C=O) groups is 4. The molecule has 516 valence electrons. The minimum atomic E-state index is -4.95. The van der Waals surface area contributed by atoms with E-state index in [9.17, 15) is 43.2 Å². The van der Waals surface area contributed by atoms with Crippen molar-refractivity contribution in [3.63, 3.8) is 0 Å². The van der Waals surface area contributed by atoms with Crippen molar-refractivity contribution in [2.24, 2.45) is 11.8 Å². The second-order valence-electron chi connectivity index (χ2n) is 25.0. The number of carbonyl (C=O) groups excluding carboxylic acids is 4. The Morgan fingerprint density at radius 2 is 0.552 bits per heavy atom. The largest absolute Gasteiger partial charge is 0.472 e. The van der Waals surface area contributed by atoms with Crippen LogP contribution in [-0.4, -0.2) is 96.7 Å². The number of hydrogen-bond acceptors (Lipinski definition) is 15. The second-order valence-corrected chi connectivity index (χ2v) is 28.0. The lowest BCUT2D eigenvalue weighted by Crippen LogP contribution is -2.30. The van der Waals surface area contributed by atoms with Gasteiger partial charge < -0.3 is 33.8 Å². The van der Waals surface area contributed by atoms with E-state index < -0.39 is 97.5 Å². The smallest absolute Gasteiger partial charge is 0.462 e. The maximum atomic E-state index is 13.0. The molecule has 0 aromatic heterocycles. The molecule has 0 saturated heterocycles. The van der Waals surface area contributed by atoms with E-state index in [0.717, 1.165) is 115 Å². The van der Waals surface area contributed by atoms with Crippen molar-refractivity contribution in [2.75, 3.05) is 39.6 Å². The van der Waals surface area contributed by atoms with Crippen LogP contribution in [0.4, 0.5) is 0 Å². The summed E-state index contributed by atoms with van der Waals surface area (Å²) >= 11 is 0. The predicted molar refractivity (Wildman–Crippen MR) is 349 cm³/mol. The second kappa shape index (κ2) is 60.3. The van der Waals surface area contributed by atoms with E-state index >= 15 is 0 Å². The number of unbranched alkanes of at least 4 members (excludes halogenated alkanes) is 35. The Hall–Kier alpha value is -1.94. The Morgan fingerprint density at radius 1 is 0.322 bits per heavy atom. The molecule has 3 N–H and O–H groups in total. The lowest BCUT2D eigenvalue weighted by atomic mass is 10.00. The van der Waals surface area contributed by atoms with Crippen LogP contribution < -0.4 is 0 Å². The summed E-state index contributed by atoms with van der Waals surface area (Å²) < 4.78 is 67.9. The molecule has 0 aliphatic rings. The molecule has 7 atom stereocenters. The van der Waals surface area contributed by atoms with E-state index in [0.29, 0.717) is 25.7 Å². The highest BCUT2D eigenvalue weighted by atomic mass is 31.2. The topological polar surface area (TPSA) is 237 Å². The number of aliphatic hydroxyl groups is 1. The predicted octanol–water partition coefficient (Wildman–Crippen LogP) is 19.2. The lowest BCUT2D eigenvalue weighted by Gasteiger charge is -2.21. The van der Waals surface area contributed by atoms with E-state index in [1.54, 1.807) is 0 Å². The Morgan fingerprint density at radius 3 is 0.816 bits per heavy atom. The van der Waals surface area contributed by atoms with Crippen LogP contribution in [0.1, 0.15) is 343 Å². The normalized spacial score (nSPS) is 14.8. The van der Waals surface area contributed by atoms with Crippen LogP contribution in [0, 0.1) is 11.8 Å². The number of esters is 4. The summed E-state index contributed by atoms with van der Waals surface area (Å²) in [6.45, 7) is 9.34. The van der Waals surface area contributed by atoms with Crippen molar-refractivity contribution >= 4 is 39.5 Å². The minimum Gasteiger partial charge on any atom is -0.462 e. The number of hydrogen-bond donors (Lipinski definition) is 3. The van der Waals surface area contributed by atoms with E-state index in [1.807, 2.05) is 0 Å². The summed E-state index contributed by atoms with van der Waals surface area (Å²) in [4.78, 5) is 72.1. The van der Waals surface area contributed by atoms with Gasteiger partial charge in [0.15, 0.2) is 12.2 Å². The van der Waals surface area contributed by atoms with Gasteiger partial charge in [0.2, 0.25) is 0 Å². The summed E-state index contributed by atoms with van der Waals surface area (Å²) in [7, 11) is -9.88. The molecule has 0 rings (SSSR count). The summed E-state index contributed by atoms with van der Waals surface area (Å²) in [6.07, 6.45) is 45.2. The highest BCUT2D eigenvalue weighted by molar-refractivity contribution is 7.47. The summed E-state index contributed by atoms with van der Waals surface area (Å²) in [6, 6.07) is 0. The van der Waals surface area contributed by atoms with Gasteiger partial charge in [-0.2, -0.15) is 0 Å². The van der Waals surface area contributed by atoms with E-state index in [-0.39, 0.29) is 25.7 Å². The minimum absolute atomic E-state index is 0.102. The van der Waals surface area contributed by atoms with E-state index in [4.69, 9.17) is 37.0 Å². The average Bonchev–Trinajstić information content (AvgIpc) is 3.67. The molecule has 0 aliphatic carbocycles. The molecule has 0 spiro atoms. The van der Waals surface area contributed by atoms with Gasteiger partial charge >= 0.3 is 39.5 Å². The molecule has 4 unspecified atom stereocenters. The van der Waals surface area contributed by atoms with Gasteiger partial charge in [0.25, 0.3) is 0 Å². The fraction of sp³-hybridized carbons (Fsp3) is 0.941. The molecule has 0 heterocycles. The molecular weight excluding hydrogens is 1150 g/mol. The highest BCUT2D eigenvalue weighted by Crippen LogP contribution is 2.45. The zero-order chi connectivity index (χ0) is 64.3. The monoisotopic (exact) mass is 1280 g/mol. The van der Waals surface area contributed by atoms with Gasteiger partial charge in [-0.25, -0.2) is 9.13 Å². The number of phosphoric acid groups is 2. The van der Waals surface area contributed by atoms with Crippen molar-refractivity contribution < 1.29 is 80.2 Å². The van der Waals surface area contributed by atoms with E-state index in [2.05, 4.69) is 41.5 Å². The third-order valence-electron chi connectivity index (χ3n) is 16.4. The van der Waals surface area contributed by atoms with Gasteiger partial charge in [-0.3, -0.25) is 37.3 Å². The van der Waals surface area contributed by atoms with Crippen molar-refractivity contribution in [1.29, 1.82) is 0 Å². The van der Waals surface area contributed by atoms with Gasteiger partial charge in [0, 0.05) is 25.7 Å². The molecule has 0 amide bonds. The van der Waals surface area contributed by atoms with Crippen LogP contribution in [0.3, 0.4) is 0 Å². The zero-order valence-corrected chi connectivity index (χ0v) is 58.1. The Labute approximate surface area is 530 Å². The van der Waals surface area contributed by atoms with Crippen LogP contribution in [0.2, 0.25) is 0 Å². The SMILES string of the molecule is CCCCCCCCCCCCCCCCCCCCCCCCC(=O)O[C@H](COC(=O)CCCCCCCCC(C)CC)COP(=O)(O)OC[C@@H](O)COP(=O)(O)OC[C@@H](COC(=O)CCCCCCC)OC(=O)CCCCCCCCC(C)CC. The molecule has 0 aromatic carbocycles. The zero-order valence-electron chi connectivity index (χ0n) is 56.3. The van der Waals surface area contributed by atoms with Gasteiger partial charge in [-0.05, 0) is 37.5 Å². The molecule has 0 aromatic rings. The maximum absolute atomic E-state index is 13.0. The molecule has 0 saturated carbocycles. The van der Waals surface area contributed by atoms with Gasteiger partial charge in [0.1, 0.15) is 19.3 Å². The van der Waals surface area contributed by atoms with E-state index in [1.165, 1.54) is 148 Å². The third kappa shape index (κ3) is 60.1. The molecule has 87 heavy (non-hydrogen) atoms. The Balaban J connectivity index is 5.06. The Bertz CT molecular complexity index is 1700. The van der Waals surface area contributed by atoms with Crippen molar-refractivity contribution in [3.05, 3.63) is 0 Å². The van der Waals surface area contributed by atoms with Crippen LogP contribution in [0.15, 0.2) is 0 Å². The number of aliphatic hydroxyl groups excluding tert-OH is 1. The first-order valence-corrected chi connectivity index (χ1v) is 38.6. The number of phosphoric ester groups is 2. The maximum Gasteiger partial charge on any atom is 0.472 e. The summed E-state index contributed by atoms with van der Waals surface area (Å²) in [5.74, 6) is -0.694. The fourth-order valence-corrected chi connectivity index (χ4v) is 11.8. The Kier molecular flexibility index (Phi) is 59.0. The molecule has 0 aliphatic heterocycles. The lowest BCUT2D eigenvalue weighted by molar-refractivity contribution is -0.161. The summed E-state index contributed by atoms with van der Waals surface area (Å²) in [5, 5.41) is 10.5. The van der Waals surface area contributed by atoms with Crippen LogP contribution >= 0.6 is 15.6 Å². The first-order chi connectivity index (χ1) is 41.9. The molecule has 19 heteroatoms. The standard InChI is InChI=1S/C68H132O17P2/c1-7-11-13-15-16-17-18-19-20-21-22-23-24-25-26-27-28-29-30-31-40-46-52-67(72)84-64(57-79-66(71)51-45-39-34-32-37-42-48-60(5)9-3)59-83-87(76,77)81-55-62(69)54-80-86(74,75)82-58-63(56-78-65(70)50-44-36-14-12-8-2)85-68(73)53-47-41-35-33-38-43-49-61(6)10-4/h60-64,69H,7-59H2,1-6H3,(H,74,75)(H,76,77)/t60?,61?,62-,63+,64+/m0/s1. The molecule has 17 nitrogen and oxygen atoms in total. The first kappa shape index (κ1) is 85.1. The first-order valence-electron chi connectivity index (χ1n) is 35.6. The molecule has 0 bridgehead atoms. The third-order valence-corrected chi connectivity index (χ3v) is 18.3. The molecule has 0 fully saturated rings. The van der Waals surface area contributed by atoms with Gasteiger partial charge in [0.05, 0.1) is 26.4 Å². The van der Waals surface area contributed by atoms with Crippen molar-refractivity contribution in [3.8, 4) is 0 Å². The fourth-order valence-electron chi connectivity index (χ4n) is 10.2. The van der Waals surface area contributed by atoms with Gasteiger partial charge in [-0.15, -0.1) is 0 Å². The average molecular weight is 1280 g/mol. The van der Waals surface area contributed by atoms with Crippen molar-refractivity contribution in [2.45, 2.75) is 362 Å². The highest BCUT2D eigenvalue weighted by Gasteiger charge is 2.30. The molecule has 0 radical (unpaired) electrons. The van der Waals surface area contributed by atoms with Crippen LogP contribution in [-0.2, 0) is 65.4 Å².